The molecular weight excluding hydrogens is 304 g/mol. The summed E-state index contributed by atoms with van der Waals surface area (Å²) in [4.78, 5) is 19.9. The van der Waals surface area contributed by atoms with E-state index in [2.05, 4.69) is 30.8 Å². The first-order valence-electron chi connectivity index (χ1n) is 7.41. The van der Waals surface area contributed by atoms with Gasteiger partial charge in [0, 0.05) is 30.2 Å². The molecule has 0 fully saturated rings. The SMILES string of the molecule is CC(=O)c1cccc(Nc2cnnc(NCc3cccnc3)n2)c1. The Kier molecular flexibility index (Phi) is 4.71. The first-order chi connectivity index (χ1) is 11.7. The van der Waals surface area contributed by atoms with Crippen molar-refractivity contribution in [1.29, 1.82) is 0 Å². The largest absolute Gasteiger partial charge is 0.349 e. The van der Waals surface area contributed by atoms with Crippen LogP contribution in [0.4, 0.5) is 17.5 Å². The highest BCUT2D eigenvalue weighted by atomic mass is 16.1. The Balaban J connectivity index is 1.69. The van der Waals surface area contributed by atoms with E-state index in [1.54, 1.807) is 24.5 Å². The number of Topliss-reactive ketones (excluding diaryl/α,β-unsaturated/α-hetero) is 1. The van der Waals surface area contributed by atoms with Gasteiger partial charge in [0.05, 0.1) is 6.20 Å². The van der Waals surface area contributed by atoms with Crippen LogP contribution in [0.15, 0.2) is 55.0 Å². The average molecular weight is 320 g/mol. The van der Waals surface area contributed by atoms with Crippen molar-refractivity contribution >= 4 is 23.2 Å². The van der Waals surface area contributed by atoms with E-state index in [0.29, 0.717) is 23.9 Å². The highest BCUT2D eigenvalue weighted by Crippen LogP contribution is 2.16. The maximum atomic E-state index is 11.4. The van der Waals surface area contributed by atoms with E-state index in [-0.39, 0.29) is 5.78 Å². The molecule has 0 spiro atoms. The van der Waals surface area contributed by atoms with Gasteiger partial charge >= 0.3 is 0 Å². The molecule has 2 heterocycles. The van der Waals surface area contributed by atoms with E-state index in [1.165, 1.54) is 13.1 Å². The van der Waals surface area contributed by atoms with Crippen molar-refractivity contribution in [3.05, 3.63) is 66.1 Å². The predicted octanol–water partition coefficient (Wildman–Crippen LogP) is 2.82. The Labute approximate surface area is 139 Å². The molecule has 0 unspecified atom stereocenters. The summed E-state index contributed by atoms with van der Waals surface area (Å²) in [5.41, 5.74) is 2.42. The zero-order chi connectivity index (χ0) is 16.8. The zero-order valence-corrected chi connectivity index (χ0v) is 13.1. The number of pyridine rings is 1. The molecule has 0 saturated carbocycles. The molecule has 0 bridgehead atoms. The van der Waals surface area contributed by atoms with E-state index >= 15 is 0 Å². The molecule has 7 nitrogen and oxygen atoms in total. The molecule has 0 radical (unpaired) electrons. The van der Waals surface area contributed by atoms with Gasteiger partial charge in [-0.1, -0.05) is 18.2 Å². The standard InChI is InChI=1S/C17H16N6O/c1-12(24)14-5-2-6-15(8-14)21-16-11-20-23-17(22-16)19-10-13-4-3-7-18-9-13/h2-9,11H,10H2,1H3,(H2,19,21,22,23). The van der Waals surface area contributed by atoms with Crippen LogP contribution in [0, 0.1) is 0 Å². The van der Waals surface area contributed by atoms with Gasteiger partial charge < -0.3 is 10.6 Å². The summed E-state index contributed by atoms with van der Waals surface area (Å²) in [5.74, 6) is 0.962. The molecule has 0 aliphatic rings. The predicted molar refractivity (Wildman–Crippen MR) is 91.1 cm³/mol. The molecule has 120 valence electrons. The van der Waals surface area contributed by atoms with Crippen molar-refractivity contribution in [3.8, 4) is 0 Å². The summed E-state index contributed by atoms with van der Waals surface area (Å²) < 4.78 is 0. The molecule has 0 amide bonds. The number of ketones is 1. The Hall–Kier alpha value is -3.35. The van der Waals surface area contributed by atoms with Crippen LogP contribution in [-0.2, 0) is 6.54 Å². The quantitative estimate of drug-likeness (QED) is 0.675. The molecule has 0 aliphatic carbocycles. The van der Waals surface area contributed by atoms with Gasteiger partial charge in [0.1, 0.15) is 0 Å². The molecule has 7 heteroatoms. The van der Waals surface area contributed by atoms with Crippen molar-refractivity contribution in [2.75, 3.05) is 10.6 Å². The van der Waals surface area contributed by atoms with Gasteiger partial charge in [-0.2, -0.15) is 10.1 Å². The number of nitrogens with zero attached hydrogens (tertiary/aromatic N) is 4. The molecule has 2 N–H and O–H groups in total. The summed E-state index contributed by atoms with van der Waals surface area (Å²) in [5, 5.41) is 14.1. The van der Waals surface area contributed by atoms with Crippen LogP contribution >= 0.6 is 0 Å². The van der Waals surface area contributed by atoms with Gasteiger partial charge in [0.2, 0.25) is 5.95 Å². The van der Waals surface area contributed by atoms with Gasteiger partial charge in [-0.05, 0) is 30.7 Å². The second-order valence-corrected chi connectivity index (χ2v) is 5.14. The molecule has 3 rings (SSSR count). The maximum absolute atomic E-state index is 11.4. The number of nitrogens with one attached hydrogen (secondary N) is 2. The smallest absolute Gasteiger partial charge is 0.244 e. The lowest BCUT2D eigenvalue weighted by molar-refractivity contribution is 0.101. The van der Waals surface area contributed by atoms with Crippen LogP contribution in [0.3, 0.4) is 0 Å². The number of carbonyl (C=O) groups is 1. The fourth-order valence-electron chi connectivity index (χ4n) is 2.09. The number of anilines is 3. The van der Waals surface area contributed by atoms with Crippen LogP contribution in [0.5, 0.6) is 0 Å². The fourth-order valence-corrected chi connectivity index (χ4v) is 2.09. The Bertz CT molecular complexity index is 837. The molecule has 3 aromatic rings. The third-order valence-corrected chi connectivity index (χ3v) is 3.27. The average Bonchev–Trinajstić information content (AvgIpc) is 2.61. The summed E-state index contributed by atoms with van der Waals surface area (Å²) in [6.45, 7) is 2.09. The van der Waals surface area contributed by atoms with Crippen LogP contribution in [0.25, 0.3) is 0 Å². The van der Waals surface area contributed by atoms with Crippen LogP contribution in [0.1, 0.15) is 22.8 Å². The first-order valence-corrected chi connectivity index (χ1v) is 7.41. The number of carbonyl (C=O) groups excluding carboxylic acids is 1. The van der Waals surface area contributed by atoms with Crippen molar-refractivity contribution < 1.29 is 4.79 Å². The third-order valence-electron chi connectivity index (χ3n) is 3.27. The van der Waals surface area contributed by atoms with Gasteiger partial charge in [-0.15, -0.1) is 5.10 Å². The summed E-state index contributed by atoms with van der Waals surface area (Å²) >= 11 is 0. The topological polar surface area (TPSA) is 92.7 Å². The second-order valence-electron chi connectivity index (χ2n) is 5.14. The molecule has 2 aromatic heterocycles. The van der Waals surface area contributed by atoms with Crippen LogP contribution in [0.2, 0.25) is 0 Å². The molecule has 24 heavy (non-hydrogen) atoms. The van der Waals surface area contributed by atoms with Crippen molar-refractivity contribution in [2.24, 2.45) is 0 Å². The summed E-state index contributed by atoms with van der Waals surface area (Å²) in [6.07, 6.45) is 5.02. The zero-order valence-electron chi connectivity index (χ0n) is 13.1. The molecule has 0 aliphatic heterocycles. The minimum atomic E-state index is 0.0123. The summed E-state index contributed by atoms with van der Waals surface area (Å²) in [6, 6.07) is 11.0. The maximum Gasteiger partial charge on any atom is 0.244 e. The monoisotopic (exact) mass is 320 g/mol. The van der Waals surface area contributed by atoms with Crippen molar-refractivity contribution in [2.45, 2.75) is 13.5 Å². The van der Waals surface area contributed by atoms with Crippen molar-refractivity contribution in [3.63, 3.8) is 0 Å². The van der Waals surface area contributed by atoms with Crippen LogP contribution < -0.4 is 10.6 Å². The van der Waals surface area contributed by atoms with E-state index in [1.807, 2.05) is 24.3 Å². The number of hydrogen-bond donors (Lipinski definition) is 2. The van der Waals surface area contributed by atoms with Gasteiger partial charge in [0.25, 0.3) is 0 Å². The number of aromatic nitrogens is 4. The number of rotatable bonds is 6. The second kappa shape index (κ2) is 7.28. The fraction of sp³-hybridized carbons (Fsp3) is 0.118. The molecular formula is C17H16N6O. The lowest BCUT2D eigenvalue weighted by Crippen LogP contribution is -2.06. The Morgan fingerprint density at radius 2 is 2.08 bits per heavy atom. The normalized spacial score (nSPS) is 10.2. The lowest BCUT2D eigenvalue weighted by atomic mass is 10.1. The Morgan fingerprint density at radius 3 is 2.88 bits per heavy atom. The number of benzene rings is 1. The van der Waals surface area contributed by atoms with Crippen LogP contribution in [-0.4, -0.2) is 25.9 Å². The molecule has 0 saturated heterocycles. The van der Waals surface area contributed by atoms with Crippen molar-refractivity contribution in [1.82, 2.24) is 20.2 Å². The van der Waals surface area contributed by atoms with E-state index in [4.69, 9.17) is 0 Å². The molecule has 1 aromatic carbocycles. The van der Waals surface area contributed by atoms with Gasteiger partial charge in [0.15, 0.2) is 11.6 Å². The highest BCUT2D eigenvalue weighted by molar-refractivity contribution is 5.95. The highest BCUT2D eigenvalue weighted by Gasteiger charge is 2.04. The van der Waals surface area contributed by atoms with E-state index in [0.717, 1.165) is 11.3 Å². The van der Waals surface area contributed by atoms with E-state index < -0.39 is 0 Å². The number of hydrogen-bond acceptors (Lipinski definition) is 7. The first kappa shape index (κ1) is 15.5. The van der Waals surface area contributed by atoms with Gasteiger partial charge in [-0.3, -0.25) is 9.78 Å². The Morgan fingerprint density at radius 1 is 1.17 bits per heavy atom. The minimum Gasteiger partial charge on any atom is -0.349 e. The minimum absolute atomic E-state index is 0.0123. The van der Waals surface area contributed by atoms with E-state index in [9.17, 15) is 4.79 Å². The summed E-state index contributed by atoms with van der Waals surface area (Å²) in [7, 11) is 0. The molecule has 0 atom stereocenters. The lowest BCUT2D eigenvalue weighted by Gasteiger charge is -2.08. The third kappa shape index (κ3) is 4.10. The van der Waals surface area contributed by atoms with Gasteiger partial charge in [-0.25, -0.2) is 0 Å².